The summed E-state index contributed by atoms with van der Waals surface area (Å²) in [4.78, 5) is 16.6. The highest BCUT2D eigenvalue weighted by Gasteiger charge is 2.26. The Morgan fingerprint density at radius 1 is 1.45 bits per heavy atom. The summed E-state index contributed by atoms with van der Waals surface area (Å²) in [7, 11) is 1.81. The first-order valence-electron chi connectivity index (χ1n) is 7.21. The maximum absolute atomic E-state index is 12.3. The number of nitrogens with zero attached hydrogens (tertiary/aromatic N) is 1. The lowest BCUT2D eigenvalue weighted by Gasteiger charge is -2.14. The van der Waals surface area contributed by atoms with Crippen molar-refractivity contribution in [2.75, 3.05) is 18.1 Å². The molecule has 1 amide bonds. The fourth-order valence-electron chi connectivity index (χ4n) is 2.65. The summed E-state index contributed by atoms with van der Waals surface area (Å²) in [6, 6.07) is 3.96. The van der Waals surface area contributed by atoms with Crippen LogP contribution in [-0.2, 0) is 0 Å². The van der Waals surface area contributed by atoms with E-state index < -0.39 is 0 Å². The summed E-state index contributed by atoms with van der Waals surface area (Å²) in [5, 5.41) is 6.85. The Morgan fingerprint density at radius 2 is 2.25 bits per heavy atom. The zero-order valence-electron chi connectivity index (χ0n) is 12.4. The second kappa shape index (κ2) is 6.97. The monoisotopic (exact) mass is 293 g/mol. The molecule has 0 bridgehead atoms. The molecular weight excluding hydrogens is 270 g/mol. The van der Waals surface area contributed by atoms with E-state index in [0.717, 1.165) is 30.1 Å². The molecular formula is C15H23N3OS. The number of hydrogen-bond acceptors (Lipinski definition) is 4. The molecule has 2 rings (SSSR count). The van der Waals surface area contributed by atoms with Crippen LogP contribution in [0.15, 0.2) is 12.1 Å². The van der Waals surface area contributed by atoms with E-state index >= 15 is 0 Å². The van der Waals surface area contributed by atoms with Crippen LogP contribution in [0.4, 0.5) is 5.82 Å². The van der Waals surface area contributed by atoms with Gasteiger partial charge in [0.15, 0.2) is 0 Å². The molecule has 1 heterocycles. The lowest BCUT2D eigenvalue weighted by atomic mass is 10.2. The summed E-state index contributed by atoms with van der Waals surface area (Å²) < 4.78 is 0. The van der Waals surface area contributed by atoms with Crippen molar-refractivity contribution in [1.82, 2.24) is 10.3 Å². The van der Waals surface area contributed by atoms with Crippen LogP contribution in [0.3, 0.4) is 0 Å². The summed E-state index contributed by atoms with van der Waals surface area (Å²) in [6.07, 6.45) is 3.39. The number of anilines is 1. The third kappa shape index (κ3) is 3.88. The van der Waals surface area contributed by atoms with Gasteiger partial charge in [-0.15, -0.1) is 0 Å². The van der Waals surface area contributed by atoms with Gasteiger partial charge < -0.3 is 10.6 Å². The van der Waals surface area contributed by atoms with Crippen molar-refractivity contribution in [1.29, 1.82) is 0 Å². The zero-order chi connectivity index (χ0) is 14.5. The summed E-state index contributed by atoms with van der Waals surface area (Å²) in [6.45, 7) is 4.09. The molecule has 0 saturated heterocycles. The third-order valence-electron chi connectivity index (χ3n) is 3.59. The first kappa shape index (κ1) is 15.2. The Morgan fingerprint density at radius 3 is 2.95 bits per heavy atom. The molecule has 1 aromatic rings. The normalized spacial score (nSPS) is 21.8. The number of aryl methyl sites for hydroxylation is 1. The molecule has 2 atom stereocenters. The van der Waals surface area contributed by atoms with Gasteiger partial charge in [0.2, 0.25) is 0 Å². The predicted molar refractivity (Wildman–Crippen MR) is 85.5 cm³/mol. The number of hydrogen-bond donors (Lipinski definition) is 2. The smallest absolute Gasteiger partial charge is 0.251 e. The van der Waals surface area contributed by atoms with Gasteiger partial charge >= 0.3 is 0 Å². The van der Waals surface area contributed by atoms with Crippen LogP contribution < -0.4 is 10.6 Å². The first-order valence-corrected chi connectivity index (χ1v) is 8.26. The van der Waals surface area contributed by atoms with E-state index in [4.69, 9.17) is 0 Å². The van der Waals surface area contributed by atoms with Gasteiger partial charge in [-0.25, -0.2) is 4.98 Å². The molecule has 0 spiro atoms. The largest absolute Gasteiger partial charge is 0.373 e. The van der Waals surface area contributed by atoms with Crippen molar-refractivity contribution in [3.05, 3.63) is 23.4 Å². The highest BCUT2D eigenvalue weighted by molar-refractivity contribution is 7.99. The highest BCUT2D eigenvalue weighted by atomic mass is 32.2. The van der Waals surface area contributed by atoms with E-state index in [1.807, 2.05) is 31.8 Å². The van der Waals surface area contributed by atoms with Crippen molar-refractivity contribution >= 4 is 23.5 Å². The molecule has 2 unspecified atom stereocenters. The van der Waals surface area contributed by atoms with Gasteiger partial charge in [-0.3, -0.25) is 4.79 Å². The topological polar surface area (TPSA) is 54.0 Å². The van der Waals surface area contributed by atoms with Crippen LogP contribution in [-0.4, -0.2) is 35.0 Å². The molecule has 110 valence electrons. The molecule has 0 aromatic carbocycles. The van der Waals surface area contributed by atoms with Gasteiger partial charge in [-0.2, -0.15) is 11.8 Å². The number of amides is 1. The van der Waals surface area contributed by atoms with Gasteiger partial charge in [0.1, 0.15) is 5.82 Å². The number of nitrogens with one attached hydrogen (secondary N) is 2. The maximum Gasteiger partial charge on any atom is 0.251 e. The Labute approximate surface area is 125 Å². The molecule has 1 saturated carbocycles. The molecule has 20 heavy (non-hydrogen) atoms. The molecule has 1 aliphatic rings. The molecule has 1 aromatic heterocycles. The Bertz CT molecular complexity index is 478. The van der Waals surface area contributed by atoms with Gasteiger partial charge in [0, 0.05) is 29.6 Å². The van der Waals surface area contributed by atoms with Crippen LogP contribution >= 0.6 is 11.8 Å². The molecule has 0 radical (unpaired) electrons. The maximum atomic E-state index is 12.3. The van der Waals surface area contributed by atoms with Gasteiger partial charge in [-0.05, 0) is 44.1 Å². The number of rotatable bonds is 5. The molecule has 4 nitrogen and oxygen atoms in total. The van der Waals surface area contributed by atoms with Crippen LogP contribution in [0.25, 0.3) is 0 Å². The van der Waals surface area contributed by atoms with Crippen LogP contribution in [0, 0.1) is 6.92 Å². The van der Waals surface area contributed by atoms with Crippen molar-refractivity contribution in [3.8, 4) is 0 Å². The Balaban J connectivity index is 1.97. The number of thioether (sulfide) groups is 1. The van der Waals surface area contributed by atoms with Gasteiger partial charge in [0.05, 0.1) is 0 Å². The average Bonchev–Trinajstić information content (AvgIpc) is 2.85. The lowest BCUT2D eigenvalue weighted by Crippen LogP contribution is -2.33. The van der Waals surface area contributed by atoms with Crippen LogP contribution in [0.5, 0.6) is 0 Å². The van der Waals surface area contributed by atoms with E-state index in [2.05, 4.69) is 22.5 Å². The number of carbonyl (C=O) groups is 1. The number of pyridine rings is 1. The fraction of sp³-hybridized carbons (Fsp3) is 0.600. The van der Waals surface area contributed by atoms with E-state index in [1.54, 1.807) is 6.07 Å². The van der Waals surface area contributed by atoms with Crippen molar-refractivity contribution in [3.63, 3.8) is 0 Å². The van der Waals surface area contributed by atoms with E-state index in [9.17, 15) is 4.79 Å². The molecule has 1 fully saturated rings. The van der Waals surface area contributed by atoms with Crippen LogP contribution in [0.1, 0.15) is 42.2 Å². The van der Waals surface area contributed by atoms with Crippen molar-refractivity contribution in [2.45, 2.75) is 44.4 Å². The minimum absolute atomic E-state index is 0.0131. The Hall–Kier alpha value is -1.23. The third-order valence-corrected chi connectivity index (χ3v) is 4.83. The zero-order valence-corrected chi connectivity index (χ0v) is 13.2. The molecule has 0 aliphatic heterocycles. The van der Waals surface area contributed by atoms with Gasteiger partial charge in [-0.1, -0.05) is 6.92 Å². The minimum Gasteiger partial charge on any atom is -0.373 e. The van der Waals surface area contributed by atoms with E-state index in [0.29, 0.717) is 16.9 Å². The standard InChI is InChI=1S/C15H23N3OS/c1-4-20-13-6-5-12(9-13)18-15(19)11-7-10(2)17-14(8-11)16-3/h7-8,12-13H,4-6,9H2,1-3H3,(H,16,17)(H,18,19). The number of aromatic nitrogens is 1. The second-order valence-electron chi connectivity index (χ2n) is 5.19. The summed E-state index contributed by atoms with van der Waals surface area (Å²) >= 11 is 2.00. The van der Waals surface area contributed by atoms with Crippen molar-refractivity contribution < 1.29 is 4.79 Å². The Kier molecular flexibility index (Phi) is 5.29. The first-order chi connectivity index (χ1) is 9.62. The summed E-state index contributed by atoms with van der Waals surface area (Å²) in [5.41, 5.74) is 1.54. The molecule has 5 heteroatoms. The van der Waals surface area contributed by atoms with Crippen molar-refractivity contribution in [2.24, 2.45) is 0 Å². The second-order valence-corrected chi connectivity index (χ2v) is 6.77. The SMILES string of the molecule is CCSC1CCC(NC(=O)c2cc(C)nc(NC)c2)C1. The lowest BCUT2D eigenvalue weighted by molar-refractivity contribution is 0.0938. The van der Waals surface area contributed by atoms with E-state index in [1.165, 1.54) is 6.42 Å². The minimum atomic E-state index is 0.0131. The average molecular weight is 293 g/mol. The van der Waals surface area contributed by atoms with Crippen LogP contribution in [0.2, 0.25) is 0 Å². The fourth-order valence-corrected chi connectivity index (χ4v) is 3.80. The predicted octanol–water partition coefficient (Wildman–Crippen LogP) is 2.84. The van der Waals surface area contributed by atoms with E-state index in [-0.39, 0.29) is 5.91 Å². The summed E-state index contributed by atoms with van der Waals surface area (Å²) in [5.74, 6) is 1.90. The van der Waals surface area contributed by atoms with Gasteiger partial charge in [0.25, 0.3) is 5.91 Å². The number of carbonyl (C=O) groups excluding carboxylic acids is 1. The highest BCUT2D eigenvalue weighted by Crippen LogP contribution is 2.29. The molecule has 1 aliphatic carbocycles. The quantitative estimate of drug-likeness (QED) is 0.876. The molecule has 2 N–H and O–H groups in total.